The molecule has 8 nitrogen and oxygen atoms in total. The minimum absolute atomic E-state index is 0.0203. The van der Waals surface area contributed by atoms with Gasteiger partial charge in [0.15, 0.2) is 12.4 Å². The number of hydrogen-bond acceptors (Lipinski definition) is 8. The van der Waals surface area contributed by atoms with E-state index in [-0.39, 0.29) is 30.9 Å². The van der Waals surface area contributed by atoms with Crippen LogP contribution in [0.2, 0.25) is 5.02 Å². The van der Waals surface area contributed by atoms with E-state index in [4.69, 9.17) is 32.5 Å². The number of carbonyl (C=O) groups excluding carboxylic acids is 1. The molecule has 4 N–H and O–H groups in total. The smallest absolute Gasteiger partial charge is 0.313 e. The Hall–Kier alpha value is -2.61. The molecule has 0 saturated carbocycles. The van der Waals surface area contributed by atoms with Gasteiger partial charge in [-0.2, -0.15) is 15.0 Å². The number of ether oxygens (including phenoxy) is 2. The van der Waals surface area contributed by atoms with Crippen LogP contribution < -0.4 is 16.2 Å². The number of aromatic nitrogens is 3. The van der Waals surface area contributed by atoms with E-state index in [0.29, 0.717) is 11.4 Å². The topological polar surface area (TPSA) is 126 Å². The van der Waals surface area contributed by atoms with Gasteiger partial charge in [0.1, 0.15) is 12.4 Å². The second-order valence-corrected chi connectivity index (χ2v) is 5.48. The summed E-state index contributed by atoms with van der Waals surface area (Å²) in [6.45, 7) is 0.115. The zero-order chi connectivity index (χ0) is 16.4. The third-order valence-corrected chi connectivity index (χ3v) is 3.56. The van der Waals surface area contributed by atoms with Gasteiger partial charge >= 0.3 is 5.97 Å². The number of anilines is 2. The van der Waals surface area contributed by atoms with E-state index in [9.17, 15) is 4.79 Å². The molecule has 0 spiro atoms. The molecule has 1 atom stereocenters. The van der Waals surface area contributed by atoms with Crippen LogP contribution in [0.25, 0.3) is 0 Å². The number of rotatable bonds is 3. The van der Waals surface area contributed by atoms with Gasteiger partial charge < -0.3 is 20.9 Å². The van der Waals surface area contributed by atoms with Crippen LogP contribution in [-0.2, 0) is 22.6 Å². The van der Waals surface area contributed by atoms with E-state index in [1.165, 1.54) is 0 Å². The van der Waals surface area contributed by atoms with Crippen LogP contribution in [0, 0.1) is 5.92 Å². The molecule has 0 saturated heterocycles. The Bertz CT molecular complexity index is 735. The first kappa shape index (κ1) is 15.3. The minimum Gasteiger partial charge on any atom is -0.492 e. The summed E-state index contributed by atoms with van der Waals surface area (Å²) in [4.78, 5) is 23.5. The van der Waals surface area contributed by atoms with Crippen molar-refractivity contribution in [3.05, 3.63) is 34.6 Å². The number of nitrogens with two attached hydrogens (primary N) is 2. The van der Waals surface area contributed by atoms with Gasteiger partial charge in [0.2, 0.25) is 11.9 Å². The second kappa shape index (κ2) is 6.25. The van der Waals surface area contributed by atoms with Crippen molar-refractivity contribution in [1.82, 2.24) is 15.0 Å². The van der Waals surface area contributed by atoms with Crippen LogP contribution >= 0.6 is 11.6 Å². The lowest BCUT2D eigenvalue weighted by molar-refractivity contribution is -0.151. The molecule has 0 aliphatic carbocycles. The van der Waals surface area contributed by atoms with E-state index in [2.05, 4.69) is 15.0 Å². The predicted molar refractivity (Wildman–Crippen MR) is 82.6 cm³/mol. The van der Waals surface area contributed by atoms with Crippen molar-refractivity contribution >= 4 is 29.5 Å². The van der Waals surface area contributed by atoms with Crippen molar-refractivity contribution in [2.75, 3.05) is 18.1 Å². The molecular formula is C14H14ClN5O3. The predicted octanol–water partition coefficient (Wildman–Crippen LogP) is 0.984. The molecule has 0 radical (unpaired) electrons. The molecule has 1 aliphatic rings. The van der Waals surface area contributed by atoms with E-state index in [1.54, 1.807) is 18.2 Å². The molecule has 3 rings (SSSR count). The van der Waals surface area contributed by atoms with Gasteiger partial charge in [-0.3, -0.25) is 4.79 Å². The molecule has 1 aliphatic heterocycles. The maximum atomic E-state index is 12.2. The molecule has 2 heterocycles. The maximum Gasteiger partial charge on any atom is 0.313 e. The number of benzene rings is 1. The number of nitrogen functional groups attached to an aromatic ring is 2. The molecule has 0 bridgehead atoms. The van der Waals surface area contributed by atoms with E-state index in [0.717, 1.165) is 11.3 Å². The second-order valence-electron chi connectivity index (χ2n) is 5.04. The summed E-state index contributed by atoms with van der Waals surface area (Å²) in [5, 5.41) is 0.595. The molecule has 23 heavy (non-hydrogen) atoms. The molecule has 1 aromatic carbocycles. The van der Waals surface area contributed by atoms with Crippen LogP contribution in [0.1, 0.15) is 11.4 Å². The van der Waals surface area contributed by atoms with E-state index < -0.39 is 11.9 Å². The Morgan fingerprint density at radius 2 is 2.04 bits per heavy atom. The van der Waals surface area contributed by atoms with Gasteiger partial charge in [-0.05, 0) is 30.2 Å². The van der Waals surface area contributed by atoms with Crippen molar-refractivity contribution in [3.8, 4) is 5.75 Å². The fourth-order valence-electron chi connectivity index (χ4n) is 2.29. The fourth-order valence-corrected chi connectivity index (χ4v) is 2.48. The van der Waals surface area contributed by atoms with Gasteiger partial charge in [0.05, 0.1) is 5.92 Å². The van der Waals surface area contributed by atoms with Crippen LogP contribution in [-0.4, -0.2) is 27.5 Å². The Balaban J connectivity index is 1.63. The number of hydrogen-bond donors (Lipinski definition) is 2. The Morgan fingerprint density at radius 1 is 1.30 bits per heavy atom. The SMILES string of the molecule is Nc1nc(N)nc(COC(=O)[C@H]2COc3ccc(Cl)cc3C2)n1. The molecule has 0 amide bonds. The van der Waals surface area contributed by atoms with Crippen molar-refractivity contribution in [2.24, 2.45) is 5.92 Å². The largest absolute Gasteiger partial charge is 0.492 e. The first-order valence-corrected chi connectivity index (χ1v) is 7.23. The van der Waals surface area contributed by atoms with Gasteiger partial charge in [-0.1, -0.05) is 11.6 Å². The molecule has 9 heteroatoms. The van der Waals surface area contributed by atoms with Gasteiger partial charge in [-0.25, -0.2) is 0 Å². The monoisotopic (exact) mass is 335 g/mol. The normalized spacial score (nSPS) is 16.3. The van der Waals surface area contributed by atoms with E-state index >= 15 is 0 Å². The molecule has 0 fully saturated rings. The van der Waals surface area contributed by atoms with Crippen molar-refractivity contribution < 1.29 is 14.3 Å². The summed E-state index contributed by atoms with van der Waals surface area (Å²) in [6.07, 6.45) is 0.496. The average molecular weight is 336 g/mol. The highest BCUT2D eigenvalue weighted by atomic mass is 35.5. The maximum absolute atomic E-state index is 12.2. The molecule has 0 unspecified atom stereocenters. The Labute approximate surface area is 136 Å². The third-order valence-electron chi connectivity index (χ3n) is 3.32. The van der Waals surface area contributed by atoms with Crippen molar-refractivity contribution in [1.29, 1.82) is 0 Å². The van der Waals surface area contributed by atoms with Gasteiger partial charge in [0, 0.05) is 5.02 Å². The third kappa shape index (κ3) is 3.59. The summed E-state index contributed by atoms with van der Waals surface area (Å²) in [5.41, 5.74) is 11.8. The summed E-state index contributed by atoms with van der Waals surface area (Å²) in [7, 11) is 0. The number of carbonyl (C=O) groups is 1. The first-order chi connectivity index (χ1) is 11.0. The quantitative estimate of drug-likeness (QED) is 0.795. The molecular weight excluding hydrogens is 322 g/mol. The first-order valence-electron chi connectivity index (χ1n) is 6.85. The lowest BCUT2D eigenvalue weighted by Gasteiger charge is -2.24. The van der Waals surface area contributed by atoms with E-state index in [1.807, 2.05) is 0 Å². The Kier molecular flexibility index (Phi) is 4.16. The summed E-state index contributed by atoms with van der Waals surface area (Å²) in [5.74, 6) is 0.0619. The number of fused-ring (bicyclic) bond motifs is 1. The Morgan fingerprint density at radius 3 is 2.78 bits per heavy atom. The van der Waals surface area contributed by atoms with Crippen LogP contribution in [0.4, 0.5) is 11.9 Å². The van der Waals surface area contributed by atoms with Crippen LogP contribution in [0.15, 0.2) is 18.2 Å². The average Bonchev–Trinajstić information content (AvgIpc) is 2.51. The summed E-state index contributed by atoms with van der Waals surface area (Å²) >= 11 is 5.96. The van der Waals surface area contributed by atoms with Gasteiger partial charge in [-0.15, -0.1) is 0 Å². The van der Waals surface area contributed by atoms with Crippen molar-refractivity contribution in [3.63, 3.8) is 0 Å². The lowest BCUT2D eigenvalue weighted by atomic mass is 9.97. The standard InChI is InChI=1S/C14H14ClN5O3/c15-9-1-2-10-7(4-9)3-8(5-22-10)12(21)23-6-11-18-13(16)20-14(17)19-11/h1-2,4,8H,3,5-6H2,(H4,16,17,18,19,20)/t8-/m1/s1. The molecule has 1 aromatic heterocycles. The number of halogens is 1. The number of nitrogens with zero attached hydrogens (tertiary/aromatic N) is 3. The zero-order valence-corrected chi connectivity index (χ0v) is 12.8. The summed E-state index contributed by atoms with van der Waals surface area (Å²) < 4.78 is 10.8. The fraction of sp³-hybridized carbons (Fsp3) is 0.286. The minimum atomic E-state index is -0.419. The van der Waals surface area contributed by atoms with Crippen LogP contribution in [0.5, 0.6) is 5.75 Å². The summed E-state index contributed by atoms with van der Waals surface area (Å²) in [6, 6.07) is 5.31. The highest BCUT2D eigenvalue weighted by Gasteiger charge is 2.27. The van der Waals surface area contributed by atoms with Crippen LogP contribution in [0.3, 0.4) is 0 Å². The highest BCUT2D eigenvalue weighted by molar-refractivity contribution is 6.30. The van der Waals surface area contributed by atoms with Crippen molar-refractivity contribution in [2.45, 2.75) is 13.0 Å². The molecule has 120 valence electrons. The molecule has 2 aromatic rings. The zero-order valence-electron chi connectivity index (χ0n) is 12.0. The lowest BCUT2D eigenvalue weighted by Crippen LogP contribution is -2.29. The van der Waals surface area contributed by atoms with Gasteiger partial charge in [0.25, 0.3) is 0 Å². The highest BCUT2D eigenvalue weighted by Crippen LogP contribution is 2.30. The number of esters is 1.